The molecule has 0 N–H and O–H groups in total. The van der Waals surface area contributed by atoms with E-state index in [2.05, 4.69) is 0 Å². The lowest BCUT2D eigenvalue weighted by atomic mass is 10.0. The summed E-state index contributed by atoms with van der Waals surface area (Å²) in [6.07, 6.45) is 0.453. The molecule has 1 fully saturated rings. The number of nitrogens with zero attached hydrogens (tertiary/aromatic N) is 1. The number of halogens is 1. The molecule has 122 valence electrons. The molecular formula is C18H14ClNO3S. The van der Waals surface area contributed by atoms with Gasteiger partial charge in [0.1, 0.15) is 17.0 Å². The number of sulfone groups is 1. The first-order valence-electron chi connectivity index (χ1n) is 7.30. The van der Waals surface area contributed by atoms with Crippen molar-refractivity contribution in [1.29, 1.82) is 5.26 Å². The van der Waals surface area contributed by atoms with Crippen molar-refractivity contribution in [3.8, 4) is 6.07 Å². The summed E-state index contributed by atoms with van der Waals surface area (Å²) in [5.41, 5.74) is -0.0658. The number of aldehydes is 1. The molecule has 6 heteroatoms. The van der Waals surface area contributed by atoms with Gasteiger partial charge in [-0.05, 0) is 36.8 Å². The fourth-order valence-corrected chi connectivity index (χ4v) is 5.57. The molecule has 0 aliphatic heterocycles. The molecule has 0 saturated heterocycles. The summed E-state index contributed by atoms with van der Waals surface area (Å²) in [5, 5.41) is 8.83. The molecule has 4 nitrogen and oxygen atoms in total. The minimum Gasteiger partial charge on any atom is -0.302 e. The van der Waals surface area contributed by atoms with E-state index in [9.17, 15) is 18.5 Å². The van der Waals surface area contributed by atoms with Gasteiger partial charge in [0.2, 0.25) is 0 Å². The third kappa shape index (κ3) is 2.43. The van der Waals surface area contributed by atoms with Crippen LogP contribution in [0.1, 0.15) is 17.0 Å². The Labute approximate surface area is 145 Å². The van der Waals surface area contributed by atoms with Gasteiger partial charge in [-0.1, -0.05) is 41.4 Å². The van der Waals surface area contributed by atoms with Gasteiger partial charge in [0.25, 0.3) is 0 Å². The Hall–Kier alpha value is -2.16. The number of aryl methyl sites for hydroxylation is 1. The van der Waals surface area contributed by atoms with Crippen LogP contribution in [0.4, 0.5) is 0 Å². The van der Waals surface area contributed by atoms with Gasteiger partial charge in [-0.2, -0.15) is 5.26 Å². The zero-order valence-corrected chi connectivity index (χ0v) is 14.4. The van der Waals surface area contributed by atoms with E-state index in [-0.39, 0.29) is 4.90 Å². The predicted octanol–water partition coefficient (Wildman–Crippen LogP) is 3.30. The Morgan fingerprint density at radius 2 is 1.88 bits per heavy atom. The third-order valence-corrected chi connectivity index (χ3v) is 6.95. The van der Waals surface area contributed by atoms with Crippen molar-refractivity contribution in [2.45, 2.75) is 23.0 Å². The smallest absolute Gasteiger partial charge is 0.183 e. The normalized spacial score (nSPS) is 25.7. The van der Waals surface area contributed by atoms with Crippen LogP contribution in [-0.4, -0.2) is 20.0 Å². The first kappa shape index (κ1) is 16.7. The highest BCUT2D eigenvalue weighted by molar-refractivity contribution is 7.92. The van der Waals surface area contributed by atoms with Gasteiger partial charge in [-0.3, -0.25) is 0 Å². The number of benzene rings is 2. The number of carbonyl (C=O) groups is 1. The summed E-state index contributed by atoms with van der Waals surface area (Å²) in [6, 6.07) is 14.9. The molecule has 0 aromatic heterocycles. The summed E-state index contributed by atoms with van der Waals surface area (Å²) >= 11 is 5.97. The van der Waals surface area contributed by atoms with Gasteiger partial charge in [0.05, 0.1) is 11.0 Å². The summed E-state index contributed by atoms with van der Waals surface area (Å²) in [7, 11) is -3.82. The number of hydrogen-bond acceptors (Lipinski definition) is 4. The third-order valence-electron chi connectivity index (χ3n) is 4.46. The van der Waals surface area contributed by atoms with Crippen molar-refractivity contribution in [2.75, 3.05) is 0 Å². The Balaban J connectivity index is 2.10. The van der Waals surface area contributed by atoms with Gasteiger partial charge in [-0.15, -0.1) is 0 Å². The van der Waals surface area contributed by atoms with Crippen LogP contribution >= 0.6 is 11.6 Å². The lowest BCUT2D eigenvalue weighted by molar-refractivity contribution is -0.110. The summed E-state index contributed by atoms with van der Waals surface area (Å²) in [6.45, 7) is 1.85. The first-order valence-corrected chi connectivity index (χ1v) is 9.23. The van der Waals surface area contributed by atoms with Gasteiger partial charge in [0, 0.05) is 10.9 Å². The van der Waals surface area contributed by atoms with Crippen LogP contribution in [-0.2, 0) is 14.6 Å². The van der Waals surface area contributed by atoms with Crippen LogP contribution in [0, 0.1) is 23.7 Å². The Morgan fingerprint density at radius 3 is 2.42 bits per heavy atom. The van der Waals surface area contributed by atoms with E-state index in [0.717, 1.165) is 5.56 Å². The molecule has 24 heavy (non-hydrogen) atoms. The highest BCUT2D eigenvalue weighted by Gasteiger charge is 2.72. The van der Waals surface area contributed by atoms with Crippen LogP contribution in [0.3, 0.4) is 0 Å². The molecule has 0 amide bonds. The second-order valence-corrected chi connectivity index (χ2v) is 8.48. The van der Waals surface area contributed by atoms with E-state index < -0.39 is 26.4 Å². The topological polar surface area (TPSA) is 75.0 Å². The Morgan fingerprint density at radius 1 is 1.21 bits per heavy atom. The van der Waals surface area contributed by atoms with Crippen LogP contribution in [0.15, 0.2) is 53.4 Å². The van der Waals surface area contributed by atoms with E-state index in [1.54, 1.807) is 36.4 Å². The molecule has 2 aromatic rings. The molecule has 0 unspecified atom stereocenters. The van der Waals surface area contributed by atoms with Gasteiger partial charge < -0.3 is 4.79 Å². The highest BCUT2D eigenvalue weighted by atomic mass is 35.5. The number of nitriles is 1. The molecule has 1 aliphatic carbocycles. The maximum Gasteiger partial charge on any atom is 0.183 e. The van der Waals surface area contributed by atoms with Crippen molar-refractivity contribution < 1.29 is 13.2 Å². The maximum absolute atomic E-state index is 13.0. The molecule has 3 atom stereocenters. The van der Waals surface area contributed by atoms with E-state index in [4.69, 9.17) is 11.6 Å². The molecule has 0 heterocycles. The van der Waals surface area contributed by atoms with Gasteiger partial charge >= 0.3 is 0 Å². The van der Waals surface area contributed by atoms with Crippen LogP contribution in [0.2, 0.25) is 5.02 Å². The second-order valence-electron chi connectivity index (χ2n) is 5.97. The lowest BCUT2D eigenvalue weighted by Gasteiger charge is -2.05. The van der Waals surface area contributed by atoms with Crippen LogP contribution in [0.25, 0.3) is 0 Å². The number of carbonyl (C=O) groups excluding carboxylic acids is 1. The average molecular weight is 360 g/mol. The lowest BCUT2D eigenvalue weighted by Crippen LogP contribution is -2.16. The highest BCUT2D eigenvalue weighted by Crippen LogP contribution is 2.62. The van der Waals surface area contributed by atoms with Crippen LogP contribution in [0.5, 0.6) is 0 Å². The van der Waals surface area contributed by atoms with E-state index in [1.165, 1.54) is 12.1 Å². The largest absolute Gasteiger partial charge is 0.302 e. The molecule has 3 rings (SSSR count). The molecule has 0 spiro atoms. The second kappa shape index (κ2) is 5.73. The van der Waals surface area contributed by atoms with Crippen molar-refractivity contribution >= 4 is 27.7 Å². The molecule has 1 aliphatic rings. The van der Waals surface area contributed by atoms with E-state index >= 15 is 0 Å². The first-order chi connectivity index (χ1) is 11.4. The van der Waals surface area contributed by atoms with Crippen molar-refractivity contribution in [2.24, 2.45) is 5.41 Å². The predicted molar refractivity (Wildman–Crippen MR) is 90.5 cm³/mol. The van der Waals surface area contributed by atoms with E-state index in [1.807, 2.05) is 13.0 Å². The average Bonchev–Trinajstić information content (AvgIpc) is 3.26. The molecule has 1 saturated carbocycles. The standard InChI is InChI=1S/C18H14ClNO3S/c1-12-5-7-15(8-6-12)24(22,23)17-16(18(17,10-20)11-21)13-3-2-4-14(19)9-13/h2-9,11,16-17H,1H3/t16-,17-,18+/m0/s1. The van der Waals surface area contributed by atoms with E-state index in [0.29, 0.717) is 16.9 Å². The van der Waals surface area contributed by atoms with Crippen LogP contribution < -0.4 is 0 Å². The maximum atomic E-state index is 13.0. The molecule has 0 bridgehead atoms. The minimum atomic E-state index is -3.82. The van der Waals surface area contributed by atoms with Gasteiger partial charge in [0.15, 0.2) is 9.84 Å². The minimum absolute atomic E-state index is 0.115. The number of rotatable bonds is 4. The number of hydrogen-bond donors (Lipinski definition) is 0. The summed E-state index contributed by atoms with van der Waals surface area (Å²) in [4.78, 5) is 11.7. The fraction of sp³-hybridized carbons (Fsp3) is 0.222. The van der Waals surface area contributed by atoms with Crippen molar-refractivity contribution in [3.05, 3.63) is 64.7 Å². The quantitative estimate of drug-likeness (QED) is 0.785. The van der Waals surface area contributed by atoms with Crippen molar-refractivity contribution in [3.63, 3.8) is 0 Å². The summed E-state index contributed by atoms with van der Waals surface area (Å²) < 4.78 is 25.9. The van der Waals surface area contributed by atoms with Crippen molar-refractivity contribution in [1.82, 2.24) is 0 Å². The Kier molecular flexibility index (Phi) is 3.98. The monoisotopic (exact) mass is 359 g/mol. The SMILES string of the molecule is Cc1ccc(S(=O)(=O)[C@H]2[C@H](c3cccc(Cl)c3)[C@@]2(C#N)C=O)cc1. The molecule has 0 radical (unpaired) electrons. The Bertz CT molecular complexity index is 947. The molecular weight excluding hydrogens is 346 g/mol. The zero-order valence-electron chi connectivity index (χ0n) is 12.8. The fourth-order valence-electron chi connectivity index (χ4n) is 3.14. The van der Waals surface area contributed by atoms with Gasteiger partial charge in [-0.25, -0.2) is 8.42 Å². The summed E-state index contributed by atoms with van der Waals surface area (Å²) in [5.74, 6) is -0.718. The zero-order chi connectivity index (χ0) is 17.5. The molecule has 2 aromatic carbocycles.